The highest BCUT2D eigenvalue weighted by atomic mass is 127. The van der Waals surface area contributed by atoms with Crippen molar-refractivity contribution in [2.75, 3.05) is 39.3 Å². The summed E-state index contributed by atoms with van der Waals surface area (Å²) in [5, 5.41) is 8.16. The van der Waals surface area contributed by atoms with Crippen LogP contribution in [0.2, 0.25) is 5.02 Å². The van der Waals surface area contributed by atoms with Gasteiger partial charge in [-0.15, -0.1) is 24.0 Å². The van der Waals surface area contributed by atoms with Gasteiger partial charge in [-0.05, 0) is 51.4 Å². The Labute approximate surface area is 200 Å². The Balaban J connectivity index is 0.00000256. The molecule has 2 saturated heterocycles. The molecule has 1 N–H and O–H groups in total. The highest BCUT2D eigenvalue weighted by Gasteiger charge is 2.30. The Hall–Kier alpha value is -1.39. The first-order valence-electron chi connectivity index (χ1n) is 10.6. The minimum atomic E-state index is 0. The molecule has 1 aromatic heterocycles. The molecule has 9 heteroatoms. The normalized spacial score (nSPS) is 19.9. The van der Waals surface area contributed by atoms with Crippen molar-refractivity contribution in [3.05, 3.63) is 35.2 Å². The second kappa shape index (κ2) is 11.3. The minimum absolute atomic E-state index is 0. The Kier molecular flexibility index (Phi) is 8.76. The molecule has 3 heterocycles. The number of nitrogens with zero attached hydrogens (tertiary/aromatic N) is 5. The van der Waals surface area contributed by atoms with Gasteiger partial charge in [0.15, 0.2) is 5.96 Å². The van der Waals surface area contributed by atoms with Crippen LogP contribution < -0.4 is 5.32 Å². The van der Waals surface area contributed by atoms with Crippen molar-refractivity contribution in [1.29, 1.82) is 0 Å². The average Bonchev–Trinajstić information content (AvgIpc) is 3.48. The molecule has 0 bridgehead atoms. The van der Waals surface area contributed by atoms with Crippen molar-refractivity contribution in [3.63, 3.8) is 0 Å². The number of halogens is 2. The third kappa shape index (κ3) is 5.85. The molecular formula is C21H30ClIN6O. The summed E-state index contributed by atoms with van der Waals surface area (Å²) in [7, 11) is 0. The van der Waals surface area contributed by atoms with E-state index in [2.05, 4.69) is 32.2 Å². The van der Waals surface area contributed by atoms with Crippen LogP contribution in [0.4, 0.5) is 0 Å². The van der Waals surface area contributed by atoms with Crippen LogP contribution in [0.1, 0.15) is 32.1 Å². The molecule has 2 aromatic rings. The van der Waals surface area contributed by atoms with E-state index in [0.717, 1.165) is 31.2 Å². The van der Waals surface area contributed by atoms with Crippen LogP contribution in [0.3, 0.4) is 0 Å². The van der Waals surface area contributed by atoms with Crippen LogP contribution in [0, 0.1) is 0 Å². The fourth-order valence-electron chi connectivity index (χ4n) is 4.12. The fraction of sp³-hybridized carbons (Fsp3) is 0.571. The number of aromatic nitrogens is 2. The molecule has 2 aliphatic heterocycles. The molecule has 30 heavy (non-hydrogen) atoms. The van der Waals surface area contributed by atoms with Crippen molar-refractivity contribution in [2.24, 2.45) is 4.99 Å². The number of nitrogens with one attached hydrogen (secondary N) is 1. The Morgan fingerprint density at radius 1 is 1.30 bits per heavy atom. The highest BCUT2D eigenvalue weighted by molar-refractivity contribution is 14.0. The molecule has 7 nitrogen and oxygen atoms in total. The van der Waals surface area contributed by atoms with Gasteiger partial charge in [-0.2, -0.15) is 4.98 Å². The predicted molar refractivity (Wildman–Crippen MR) is 131 cm³/mol. The van der Waals surface area contributed by atoms with Crippen molar-refractivity contribution < 1.29 is 4.52 Å². The molecule has 1 unspecified atom stereocenters. The standard InChI is InChI=1S/C21H29ClN6O.HI/c1-2-23-21(28-13-9-18(15-28)27-11-3-4-12-27)24-10-8-19-25-20(26-29-19)16-6-5-7-17(22)14-16;/h5-7,14,18H,2-4,8-13,15H2,1H3,(H,23,24);1H. The summed E-state index contributed by atoms with van der Waals surface area (Å²) in [5.74, 6) is 2.14. The maximum Gasteiger partial charge on any atom is 0.228 e. The van der Waals surface area contributed by atoms with Gasteiger partial charge in [-0.1, -0.05) is 28.9 Å². The topological polar surface area (TPSA) is 69.8 Å². The van der Waals surface area contributed by atoms with E-state index in [-0.39, 0.29) is 24.0 Å². The zero-order chi connectivity index (χ0) is 20.1. The summed E-state index contributed by atoms with van der Waals surface area (Å²) in [6, 6.07) is 8.13. The molecule has 2 fully saturated rings. The Morgan fingerprint density at radius 3 is 2.90 bits per heavy atom. The van der Waals surface area contributed by atoms with E-state index in [1.165, 1.54) is 32.4 Å². The first-order valence-corrected chi connectivity index (χ1v) is 11.0. The average molecular weight is 545 g/mol. The lowest BCUT2D eigenvalue weighted by molar-refractivity contribution is 0.249. The van der Waals surface area contributed by atoms with Gasteiger partial charge in [-0.25, -0.2) is 0 Å². The van der Waals surface area contributed by atoms with E-state index < -0.39 is 0 Å². The number of benzene rings is 1. The predicted octanol–water partition coefficient (Wildman–Crippen LogP) is 3.69. The van der Waals surface area contributed by atoms with E-state index in [1.807, 2.05) is 24.3 Å². The molecule has 164 valence electrons. The lowest BCUT2D eigenvalue weighted by Gasteiger charge is -2.25. The second-order valence-corrected chi connectivity index (χ2v) is 8.08. The van der Waals surface area contributed by atoms with Gasteiger partial charge < -0.3 is 14.7 Å². The van der Waals surface area contributed by atoms with Gasteiger partial charge in [-0.3, -0.25) is 9.89 Å². The molecule has 0 amide bonds. The Bertz CT molecular complexity index is 838. The number of guanidine groups is 1. The molecule has 2 aliphatic rings. The third-order valence-electron chi connectivity index (χ3n) is 5.59. The molecular weight excluding hydrogens is 515 g/mol. The largest absolute Gasteiger partial charge is 0.357 e. The minimum Gasteiger partial charge on any atom is -0.357 e. The summed E-state index contributed by atoms with van der Waals surface area (Å²) < 4.78 is 5.40. The molecule has 1 aromatic carbocycles. The summed E-state index contributed by atoms with van der Waals surface area (Å²) in [4.78, 5) is 14.3. The zero-order valence-corrected chi connectivity index (χ0v) is 20.5. The van der Waals surface area contributed by atoms with Crippen LogP contribution >= 0.6 is 35.6 Å². The van der Waals surface area contributed by atoms with Crippen LogP contribution in [0.5, 0.6) is 0 Å². The van der Waals surface area contributed by atoms with Crippen molar-refractivity contribution in [3.8, 4) is 11.4 Å². The van der Waals surface area contributed by atoms with Gasteiger partial charge in [0, 0.05) is 42.7 Å². The van der Waals surface area contributed by atoms with Crippen LogP contribution in [0.15, 0.2) is 33.8 Å². The van der Waals surface area contributed by atoms with E-state index >= 15 is 0 Å². The number of rotatable bonds is 6. The first-order chi connectivity index (χ1) is 14.2. The number of hydrogen-bond acceptors (Lipinski definition) is 5. The molecule has 0 saturated carbocycles. The summed E-state index contributed by atoms with van der Waals surface area (Å²) in [6.07, 6.45) is 4.51. The van der Waals surface area contributed by atoms with Crippen molar-refractivity contribution in [2.45, 2.75) is 38.6 Å². The summed E-state index contributed by atoms with van der Waals surface area (Å²) in [6.45, 7) is 8.21. The van der Waals surface area contributed by atoms with Crippen LogP contribution in [-0.4, -0.2) is 71.2 Å². The lowest BCUT2D eigenvalue weighted by atomic mass is 10.2. The molecule has 4 rings (SSSR count). The van der Waals surface area contributed by atoms with Gasteiger partial charge in [0.2, 0.25) is 11.7 Å². The fourth-order valence-corrected chi connectivity index (χ4v) is 4.31. The maximum absolute atomic E-state index is 6.05. The molecule has 0 radical (unpaired) electrons. The maximum atomic E-state index is 6.05. The van der Waals surface area contributed by atoms with Crippen LogP contribution in [-0.2, 0) is 6.42 Å². The van der Waals surface area contributed by atoms with Crippen molar-refractivity contribution in [1.82, 2.24) is 25.3 Å². The third-order valence-corrected chi connectivity index (χ3v) is 5.83. The summed E-state index contributed by atoms with van der Waals surface area (Å²) in [5.41, 5.74) is 0.856. The van der Waals surface area contributed by atoms with E-state index in [9.17, 15) is 0 Å². The molecule has 1 atom stereocenters. The first kappa shape index (κ1) is 23.3. The monoisotopic (exact) mass is 544 g/mol. The number of hydrogen-bond donors (Lipinski definition) is 1. The Morgan fingerprint density at radius 2 is 2.13 bits per heavy atom. The van der Waals surface area contributed by atoms with Gasteiger partial charge in [0.05, 0.1) is 6.54 Å². The zero-order valence-electron chi connectivity index (χ0n) is 17.4. The van der Waals surface area contributed by atoms with Gasteiger partial charge >= 0.3 is 0 Å². The smallest absolute Gasteiger partial charge is 0.228 e. The highest BCUT2D eigenvalue weighted by Crippen LogP contribution is 2.21. The van der Waals surface area contributed by atoms with Gasteiger partial charge in [0.25, 0.3) is 0 Å². The number of likely N-dealkylation sites (tertiary alicyclic amines) is 2. The second-order valence-electron chi connectivity index (χ2n) is 7.64. The molecule has 0 spiro atoms. The lowest BCUT2D eigenvalue weighted by Crippen LogP contribution is -2.42. The number of aliphatic imine (C=N–C) groups is 1. The van der Waals surface area contributed by atoms with E-state index in [0.29, 0.717) is 35.7 Å². The SMILES string of the molecule is CCNC(=NCCc1nc(-c2cccc(Cl)c2)no1)N1CCC(N2CCCC2)C1.I. The molecule has 0 aliphatic carbocycles. The van der Waals surface area contributed by atoms with E-state index in [4.69, 9.17) is 21.1 Å². The van der Waals surface area contributed by atoms with Crippen LogP contribution in [0.25, 0.3) is 11.4 Å². The quantitative estimate of drug-likeness (QED) is 0.340. The van der Waals surface area contributed by atoms with E-state index in [1.54, 1.807) is 0 Å². The van der Waals surface area contributed by atoms with Crippen molar-refractivity contribution >= 4 is 41.5 Å². The summed E-state index contributed by atoms with van der Waals surface area (Å²) >= 11 is 6.05. The van der Waals surface area contributed by atoms with Gasteiger partial charge in [0.1, 0.15) is 0 Å².